The second kappa shape index (κ2) is 8.31. The summed E-state index contributed by atoms with van der Waals surface area (Å²) < 4.78 is 5.72. The number of rotatable bonds is 10. The Morgan fingerprint density at radius 2 is 1.85 bits per heavy atom. The smallest absolute Gasteiger partial charge is 0.119 e. The maximum Gasteiger partial charge on any atom is 0.119 e. The fourth-order valence-electron chi connectivity index (χ4n) is 2.67. The van der Waals surface area contributed by atoms with E-state index in [4.69, 9.17) is 4.74 Å². The molecule has 1 aromatic carbocycles. The Morgan fingerprint density at radius 3 is 2.45 bits per heavy atom. The van der Waals surface area contributed by atoms with E-state index >= 15 is 0 Å². The summed E-state index contributed by atoms with van der Waals surface area (Å²) in [6, 6.07) is 8.74. The van der Waals surface area contributed by atoms with E-state index in [2.05, 4.69) is 38.1 Å². The Hall–Kier alpha value is -1.02. The Bertz CT molecular complexity index is 370. The molecule has 0 bridgehead atoms. The van der Waals surface area contributed by atoms with Gasteiger partial charge in [0.25, 0.3) is 0 Å². The summed E-state index contributed by atoms with van der Waals surface area (Å²) in [6.07, 6.45) is 6.52. The molecular formula is C18H30NO+. The van der Waals surface area contributed by atoms with Crippen LogP contribution in [0.3, 0.4) is 0 Å². The molecule has 1 saturated carbocycles. The highest BCUT2D eigenvalue weighted by molar-refractivity contribution is 5.26. The van der Waals surface area contributed by atoms with E-state index in [1.54, 1.807) is 4.90 Å². The third-order valence-electron chi connectivity index (χ3n) is 4.02. The van der Waals surface area contributed by atoms with Crippen molar-refractivity contribution in [2.24, 2.45) is 5.92 Å². The number of benzene rings is 1. The molecule has 2 heteroatoms. The van der Waals surface area contributed by atoms with Crippen molar-refractivity contribution < 1.29 is 9.64 Å². The summed E-state index contributed by atoms with van der Waals surface area (Å²) in [5.74, 6) is 2.02. The van der Waals surface area contributed by atoms with E-state index in [-0.39, 0.29) is 0 Å². The third-order valence-corrected chi connectivity index (χ3v) is 4.02. The molecular weight excluding hydrogens is 246 g/mol. The normalized spacial score (nSPS) is 16.1. The molecule has 0 aromatic heterocycles. The van der Waals surface area contributed by atoms with Gasteiger partial charge in [0.2, 0.25) is 0 Å². The van der Waals surface area contributed by atoms with Gasteiger partial charge in [-0.3, -0.25) is 0 Å². The van der Waals surface area contributed by atoms with E-state index in [0.29, 0.717) is 0 Å². The van der Waals surface area contributed by atoms with E-state index in [0.717, 1.165) is 24.7 Å². The summed E-state index contributed by atoms with van der Waals surface area (Å²) in [6.45, 7) is 9.15. The topological polar surface area (TPSA) is 13.7 Å². The van der Waals surface area contributed by atoms with Crippen LogP contribution < -0.4 is 9.64 Å². The highest BCUT2D eigenvalue weighted by Gasteiger charge is 2.26. The van der Waals surface area contributed by atoms with Crippen molar-refractivity contribution in [1.29, 1.82) is 0 Å². The minimum Gasteiger partial charge on any atom is -0.494 e. The lowest BCUT2D eigenvalue weighted by molar-refractivity contribution is -0.915. The van der Waals surface area contributed by atoms with Crippen molar-refractivity contribution in [3.63, 3.8) is 0 Å². The van der Waals surface area contributed by atoms with Crippen molar-refractivity contribution in [2.75, 3.05) is 19.7 Å². The largest absolute Gasteiger partial charge is 0.494 e. The number of ether oxygens (including phenoxy) is 1. The Kier molecular flexibility index (Phi) is 6.38. The SMILES string of the molecule is CCCCOc1ccc(C[NH+](CCC)CC2CC2)cc1. The average molecular weight is 276 g/mol. The first kappa shape index (κ1) is 15.4. The summed E-state index contributed by atoms with van der Waals surface area (Å²) in [5, 5.41) is 0. The van der Waals surface area contributed by atoms with Crippen LogP contribution in [0.2, 0.25) is 0 Å². The summed E-state index contributed by atoms with van der Waals surface area (Å²) in [7, 11) is 0. The Balaban J connectivity index is 1.81. The van der Waals surface area contributed by atoms with Crippen LogP contribution >= 0.6 is 0 Å². The van der Waals surface area contributed by atoms with Crippen LogP contribution in [0.1, 0.15) is 51.5 Å². The molecule has 0 radical (unpaired) electrons. The van der Waals surface area contributed by atoms with Gasteiger partial charge in [0.1, 0.15) is 12.3 Å². The molecule has 1 atom stereocenters. The summed E-state index contributed by atoms with van der Waals surface area (Å²) >= 11 is 0. The molecule has 0 amide bonds. The van der Waals surface area contributed by atoms with Crippen LogP contribution in [-0.4, -0.2) is 19.7 Å². The number of quaternary nitrogens is 1. The molecule has 2 nitrogen and oxygen atoms in total. The molecule has 0 heterocycles. The van der Waals surface area contributed by atoms with E-state index in [1.807, 2.05) is 0 Å². The first-order valence-electron chi connectivity index (χ1n) is 8.37. The number of hydrogen-bond acceptors (Lipinski definition) is 1. The maximum absolute atomic E-state index is 5.72. The maximum atomic E-state index is 5.72. The monoisotopic (exact) mass is 276 g/mol. The van der Waals surface area contributed by atoms with Gasteiger partial charge < -0.3 is 9.64 Å². The van der Waals surface area contributed by atoms with Crippen LogP contribution in [-0.2, 0) is 6.54 Å². The van der Waals surface area contributed by atoms with Gasteiger partial charge >= 0.3 is 0 Å². The first-order valence-corrected chi connectivity index (χ1v) is 8.37. The van der Waals surface area contributed by atoms with Gasteiger partial charge in [-0.15, -0.1) is 0 Å². The molecule has 1 N–H and O–H groups in total. The van der Waals surface area contributed by atoms with Crippen LogP contribution in [0.15, 0.2) is 24.3 Å². The van der Waals surface area contributed by atoms with Crippen molar-refractivity contribution >= 4 is 0 Å². The van der Waals surface area contributed by atoms with Crippen molar-refractivity contribution in [1.82, 2.24) is 0 Å². The minimum atomic E-state index is 0.838. The first-order chi connectivity index (χ1) is 9.81. The molecule has 0 aliphatic heterocycles. The van der Waals surface area contributed by atoms with E-state index in [1.165, 1.54) is 50.9 Å². The average Bonchev–Trinajstić information content (AvgIpc) is 3.25. The van der Waals surface area contributed by atoms with Crippen molar-refractivity contribution in [3.8, 4) is 5.75 Å². The molecule has 20 heavy (non-hydrogen) atoms. The molecule has 1 aromatic rings. The predicted octanol–water partition coefficient (Wildman–Crippen LogP) is 3.07. The van der Waals surface area contributed by atoms with Crippen LogP contribution in [0, 0.1) is 5.92 Å². The molecule has 1 unspecified atom stereocenters. The molecule has 0 spiro atoms. The van der Waals surface area contributed by atoms with Gasteiger partial charge in [0.15, 0.2) is 0 Å². The van der Waals surface area contributed by atoms with E-state index < -0.39 is 0 Å². The fraction of sp³-hybridized carbons (Fsp3) is 0.667. The Morgan fingerprint density at radius 1 is 1.10 bits per heavy atom. The molecule has 1 aliphatic carbocycles. The standard InChI is InChI=1S/C18H29NO/c1-3-5-13-20-18-10-8-17(9-11-18)15-19(12-4-2)14-16-6-7-16/h8-11,16H,3-7,12-15H2,1-2H3/p+1. The lowest BCUT2D eigenvalue weighted by atomic mass is 10.2. The summed E-state index contributed by atoms with van der Waals surface area (Å²) in [5.41, 5.74) is 1.44. The number of unbranched alkanes of at least 4 members (excludes halogenated alkanes) is 1. The quantitative estimate of drug-likeness (QED) is 0.648. The van der Waals surface area contributed by atoms with Gasteiger partial charge in [-0.25, -0.2) is 0 Å². The van der Waals surface area contributed by atoms with Gasteiger partial charge in [0.05, 0.1) is 19.7 Å². The zero-order chi connectivity index (χ0) is 14.2. The van der Waals surface area contributed by atoms with Gasteiger partial charge in [-0.1, -0.05) is 20.3 Å². The second-order valence-electron chi connectivity index (χ2n) is 6.17. The van der Waals surface area contributed by atoms with Gasteiger partial charge in [0, 0.05) is 11.5 Å². The number of nitrogens with one attached hydrogen (secondary N) is 1. The highest BCUT2D eigenvalue weighted by Crippen LogP contribution is 2.26. The van der Waals surface area contributed by atoms with Crippen molar-refractivity contribution in [3.05, 3.63) is 29.8 Å². The minimum absolute atomic E-state index is 0.838. The second-order valence-corrected chi connectivity index (χ2v) is 6.17. The zero-order valence-corrected chi connectivity index (χ0v) is 13.2. The van der Waals surface area contributed by atoms with Crippen molar-refractivity contribution in [2.45, 2.75) is 52.5 Å². The van der Waals surface area contributed by atoms with E-state index in [9.17, 15) is 0 Å². The van der Waals surface area contributed by atoms with Crippen LogP contribution in [0.4, 0.5) is 0 Å². The van der Waals surface area contributed by atoms with Gasteiger partial charge in [-0.2, -0.15) is 0 Å². The molecule has 1 fully saturated rings. The Labute approximate surface area is 124 Å². The number of hydrogen-bond donors (Lipinski definition) is 1. The van der Waals surface area contributed by atoms with Crippen LogP contribution in [0.25, 0.3) is 0 Å². The lowest BCUT2D eigenvalue weighted by Crippen LogP contribution is -3.11. The fourth-order valence-corrected chi connectivity index (χ4v) is 2.67. The summed E-state index contributed by atoms with van der Waals surface area (Å²) in [4.78, 5) is 1.75. The predicted molar refractivity (Wildman–Crippen MR) is 84.3 cm³/mol. The molecule has 112 valence electrons. The zero-order valence-electron chi connectivity index (χ0n) is 13.2. The molecule has 1 aliphatic rings. The highest BCUT2D eigenvalue weighted by atomic mass is 16.5. The molecule has 0 saturated heterocycles. The lowest BCUT2D eigenvalue weighted by Gasteiger charge is -2.19. The van der Waals surface area contributed by atoms with Gasteiger partial charge in [-0.05, 0) is 49.9 Å². The third kappa shape index (κ3) is 5.54. The molecule has 2 rings (SSSR count). The van der Waals surface area contributed by atoms with Crippen LogP contribution in [0.5, 0.6) is 5.75 Å².